The van der Waals surface area contributed by atoms with Crippen molar-refractivity contribution in [2.45, 2.75) is 12.8 Å². The lowest BCUT2D eigenvalue weighted by atomic mass is 10.2. The molecule has 0 saturated carbocycles. The number of H-pyrrole nitrogens is 1. The van der Waals surface area contributed by atoms with Gasteiger partial charge in [0.2, 0.25) is 11.8 Å². The molecule has 16 heavy (non-hydrogen) atoms. The molecule has 1 aliphatic heterocycles. The fourth-order valence-corrected chi connectivity index (χ4v) is 1.67. The summed E-state index contributed by atoms with van der Waals surface area (Å²) in [6.07, 6.45) is 2.32. The van der Waals surface area contributed by atoms with E-state index in [0.717, 1.165) is 5.69 Å². The predicted molar refractivity (Wildman–Crippen MR) is 56.5 cm³/mol. The van der Waals surface area contributed by atoms with E-state index in [1.807, 2.05) is 0 Å². The highest BCUT2D eigenvalue weighted by Crippen LogP contribution is 2.02. The summed E-state index contributed by atoms with van der Waals surface area (Å²) >= 11 is 0. The van der Waals surface area contributed by atoms with Gasteiger partial charge in [-0.1, -0.05) is 0 Å². The lowest BCUT2D eigenvalue weighted by molar-refractivity contribution is -0.130. The van der Waals surface area contributed by atoms with Gasteiger partial charge in [0, 0.05) is 37.9 Å². The van der Waals surface area contributed by atoms with E-state index in [-0.39, 0.29) is 11.8 Å². The number of carbonyl (C=O) groups excluding carboxylic acids is 2. The fourth-order valence-electron chi connectivity index (χ4n) is 1.67. The predicted octanol–water partition coefficient (Wildman–Crippen LogP) is -0.699. The van der Waals surface area contributed by atoms with Gasteiger partial charge in [-0.2, -0.15) is 5.10 Å². The lowest BCUT2D eigenvalue weighted by Crippen LogP contribution is -2.35. The Hall–Kier alpha value is -1.85. The number of amides is 2. The van der Waals surface area contributed by atoms with Gasteiger partial charge in [0.1, 0.15) is 0 Å². The Morgan fingerprint density at radius 2 is 2.38 bits per heavy atom. The second-order valence-corrected chi connectivity index (χ2v) is 3.74. The van der Waals surface area contributed by atoms with E-state index in [4.69, 9.17) is 0 Å². The Balaban J connectivity index is 1.91. The Kier molecular flexibility index (Phi) is 3.19. The van der Waals surface area contributed by atoms with Crippen molar-refractivity contribution in [3.8, 4) is 0 Å². The van der Waals surface area contributed by atoms with Crippen LogP contribution in [-0.2, 0) is 16.0 Å². The molecule has 2 amide bonds. The Morgan fingerprint density at radius 3 is 3.12 bits per heavy atom. The van der Waals surface area contributed by atoms with Crippen LogP contribution in [0.15, 0.2) is 12.3 Å². The maximum absolute atomic E-state index is 11.9. The fraction of sp³-hybridized carbons (Fsp3) is 0.500. The Bertz CT molecular complexity index is 374. The van der Waals surface area contributed by atoms with Gasteiger partial charge in [-0.15, -0.1) is 0 Å². The second kappa shape index (κ2) is 4.78. The van der Waals surface area contributed by atoms with E-state index in [2.05, 4.69) is 15.5 Å². The number of carbonyl (C=O) groups is 2. The van der Waals surface area contributed by atoms with Crippen LogP contribution in [0.25, 0.3) is 0 Å². The van der Waals surface area contributed by atoms with Crippen LogP contribution < -0.4 is 5.32 Å². The van der Waals surface area contributed by atoms with Gasteiger partial charge in [-0.25, -0.2) is 0 Å². The normalized spacial score (nSPS) is 16.8. The van der Waals surface area contributed by atoms with Crippen LogP contribution in [0.4, 0.5) is 0 Å². The number of aromatic amines is 1. The molecule has 0 aliphatic carbocycles. The molecule has 1 fully saturated rings. The first kappa shape index (κ1) is 10.7. The van der Waals surface area contributed by atoms with Crippen molar-refractivity contribution in [1.82, 2.24) is 20.4 Å². The zero-order chi connectivity index (χ0) is 11.4. The van der Waals surface area contributed by atoms with Gasteiger partial charge in [-0.05, 0) is 6.07 Å². The third-order valence-electron chi connectivity index (χ3n) is 2.57. The zero-order valence-corrected chi connectivity index (χ0v) is 8.90. The zero-order valence-electron chi connectivity index (χ0n) is 8.90. The number of hydrogen-bond donors (Lipinski definition) is 2. The van der Waals surface area contributed by atoms with Crippen LogP contribution in [0.2, 0.25) is 0 Å². The van der Waals surface area contributed by atoms with Gasteiger partial charge < -0.3 is 10.2 Å². The molecule has 2 N–H and O–H groups in total. The molecular weight excluding hydrogens is 208 g/mol. The summed E-state index contributed by atoms with van der Waals surface area (Å²) in [6, 6.07) is 1.78. The van der Waals surface area contributed by atoms with Crippen LogP contribution >= 0.6 is 0 Å². The molecule has 86 valence electrons. The third kappa shape index (κ3) is 2.59. The molecular formula is C10H14N4O2. The number of rotatable bonds is 2. The van der Waals surface area contributed by atoms with E-state index in [1.165, 1.54) is 0 Å². The average Bonchev–Trinajstić information content (AvgIpc) is 2.66. The van der Waals surface area contributed by atoms with E-state index in [0.29, 0.717) is 32.5 Å². The molecule has 0 bridgehead atoms. The molecule has 0 unspecified atom stereocenters. The topological polar surface area (TPSA) is 78.1 Å². The molecule has 6 heteroatoms. The van der Waals surface area contributed by atoms with Crippen molar-refractivity contribution < 1.29 is 9.59 Å². The summed E-state index contributed by atoms with van der Waals surface area (Å²) in [6.45, 7) is 1.62. The monoisotopic (exact) mass is 222 g/mol. The molecule has 0 aromatic carbocycles. The van der Waals surface area contributed by atoms with Crippen molar-refractivity contribution in [1.29, 1.82) is 0 Å². The summed E-state index contributed by atoms with van der Waals surface area (Å²) < 4.78 is 0. The van der Waals surface area contributed by atoms with E-state index in [9.17, 15) is 9.59 Å². The van der Waals surface area contributed by atoms with E-state index < -0.39 is 0 Å². The standard InChI is InChI=1S/C10H14N4O2/c15-9-2-5-14(6-4-11-9)10(16)7-8-1-3-12-13-8/h1,3H,2,4-7H2,(H,11,15)(H,12,13). The van der Waals surface area contributed by atoms with Crippen molar-refractivity contribution in [3.63, 3.8) is 0 Å². The molecule has 2 heterocycles. The van der Waals surface area contributed by atoms with Crippen LogP contribution in [0.3, 0.4) is 0 Å². The highest BCUT2D eigenvalue weighted by Gasteiger charge is 2.18. The van der Waals surface area contributed by atoms with Gasteiger partial charge in [0.05, 0.1) is 6.42 Å². The van der Waals surface area contributed by atoms with Gasteiger partial charge in [0.25, 0.3) is 0 Å². The Morgan fingerprint density at radius 1 is 1.50 bits per heavy atom. The lowest BCUT2D eigenvalue weighted by Gasteiger charge is -2.18. The maximum Gasteiger partial charge on any atom is 0.228 e. The molecule has 6 nitrogen and oxygen atoms in total. The van der Waals surface area contributed by atoms with E-state index >= 15 is 0 Å². The average molecular weight is 222 g/mol. The van der Waals surface area contributed by atoms with Crippen LogP contribution in [0.5, 0.6) is 0 Å². The second-order valence-electron chi connectivity index (χ2n) is 3.74. The molecule has 0 spiro atoms. The van der Waals surface area contributed by atoms with Gasteiger partial charge in [-0.3, -0.25) is 14.7 Å². The van der Waals surface area contributed by atoms with Crippen molar-refractivity contribution in [2.24, 2.45) is 0 Å². The summed E-state index contributed by atoms with van der Waals surface area (Å²) in [4.78, 5) is 24.7. The largest absolute Gasteiger partial charge is 0.354 e. The first-order valence-corrected chi connectivity index (χ1v) is 5.28. The number of nitrogens with zero attached hydrogens (tertiary/aromatic N) is 2. The molecule has 2 rings (SSSR count). The smallest absolute Gasteiger partial charge is 0.228 e. The first-order valence-electron chi connectivity index (χ1n) is 5.28. The van der Waals surface area contributed by atoms with Crippen LogP contribution in [0.1, 0.15) is 12.1 Å². The molecule has 1 saturated heterocycles. The number of hydrogen-bond acceptors (Lipinski definition) is 3. The first-order chi connectivity index (χ1) is 7.75. The quantitative estimate of drug-likeness (QED) is 0.694. The summed E-state index contributed by atoms with van der Waals surface area (Å²) in [5, 5.41) is 9.28. The highest BCUT2D eigenvalue weighted by molar-refractivity contribution is 5.81. The number of nitrogens with one attached hydrogen (secondary N) is 2. The number of aromatic nitrogens is 2. The molecule has 1 aromatic heterocycles. The van der Waals surface area contributed by atoms with Crippen LogP contribution in [-0.4, -0.2) is 46.5 Å². The van der Waals surface area contributed by atoms with Crippen LogP contribution in [0, 0.1) is 0 Å². The van der Waals surface area contributed by atoms with Gasteiger partial charge >= 0.3 is 0 Å². The highest BCUT2D eigenvalue weighted by atomic mass is 16.2. The summed E-state index contributed by atoms with van der Waals surface area (Å²) in [5.41, 5.74) is 0.800. The van der Waals surface area contributed by atoms with E-state index in [1.54, 1.807) is 17.2 Å². The van der Waals surface area contributed by atoms with Gasteiger partial charge in [0.15, 0.2) is 0 Å². The minimum atomic E-state index is 0.0110. The van der Waals surface area contributed by atoms with Crippen molar-refractivity contribution >= 4 is 11.8 Å². The summed E-state index contributed by atoms with van der Waals surface area (Å²) in [7, 11) is 0. The minimum absolute atomic E-state index is 0.0110. The van der Waals surface area contributed by atoms with Crippen molar-refractivity contribution in [2.75, 3.05) is 19.6 Å². The molecule has 1 aromatic rings. The summed E-state index contributed by atoms with van der Waals surface area (Å²) in [5.74, 6) is 0.0394. The Labute approximate surface area is 93.0 Å². The molecule has 0 radical (unpaired) electrons. The molecule has 0 atom stereocenters. The molecule has 1 aliphatic rings. The third-order valence-corrected chi connectivity index (χ3v) is 2.57. The SMILES string of the molecule is O=C1CCN(C(=O)Cc2ccn[nH]2)CCN1. The minimum Gasteiger partial charge on any atom is -0.354 e. The van der Waals surface area contributed by atoms with Crippen molar-refractivity contribution in [3.05, 3.63) is 18.0 Å². The maximum atomic E-state index is 11.9.